The lowest BCUT2D eigenvalue weighted by Gasteiger charge is -2.02. The Hall–Kier alpha value is -1.71. The van der Waals surface area contributed by atoms with Gasteiger partial charge in [0.2, 0.25) is 0 Å². The fourth-order valence-corrected chi connectivity index (χ4v) is 3.73. The second kappa shape index (κ2) is 4.40. The minimum absolute atomic E-state index is 0.146. The summed E-state index contributed by atoms with van der Waals surface area (Å²) in [5.74, 6) is 0.284. The van der Waals surface area contributed by atoms with E-state index in [4.69, 9.17) is 22.3 Å². The van der Waals surface area contributed by atoms with Crippen LogP contribution in [0.25, 0.3) is 17.0 Å². The molecule has 0 aliphatic carbocycles. The molecule has 1 N–H and O–H groups in total. The lowest BCUT2D eigenvalue weighted by atomic mass is 10.5. The molecule has 3 aromatic heterocycles. The van der Waals surface area contributed by atoms with Crippen molar-refractivity contribution < 1.29 is 8.42 Å². The monoisotopic (exact) mass is 332 g/mol. The molecule has 0 aliphatic heterocycles. The highest BCUT2D eigenvalue weighted by atomic mass is 35.7. The predicted molar refractivity (Wildman–Crippen MR) is 71.6 cm³/mol. The number of halogens is 2. The number of imidazole rings is 1. The van der Waals surface area contributed by atoms with Gasteiger partial charge in [-0.05, 0) is 6.92 Å². The number of nitrogens with zero attached hydrogens (tertiary/aromatic N) is 5. The first-order chi connectivity index (χ1) is 9.39. The summed E-state index contributed by atoms with van der Waals surface area (Å²) in [4.78, 5) is 14.6. The maximum absolute atomic E-state index is 11.5. The van der Waals surface area contributed by atoms with Crippen LogP contribution in [0.4, 0.5) is 0 Å². The van der Waals surface area contributed by atoms with Crippen molar-refractivity contribution in [3.63, 3.8) is 0 Å². The molecule has 0 saturated heterocycles. The van der Waals surface area contributed by atoms with Gasteiger partial charge in [-0.25, -0.2) is 23.4 Å². The molecule has 0 radical (unpaired) electrons. The smallest absolute Gasteiger partial charge is 0.266 e. The summed E-state index contributed by atoms with van der Waals surface area (Å²) in [6, 6.07) is 0. The van der Waals surface area contributed by atoms with Gasteiger partial charge in [0.15, 0.2) is 16.6 Å². The van der Waals surface area contributed by atoms with Crippen LogP contribution >= 0.6 is 22.3 Å². The minimum atomic E-state index is -4.00. The molecule has 0 bridgehead atoms. The topological polar surface area (TPSA) is 106 Å². The molecule has 3 rings (SSSR count). The van der Waals surface area contributed by atoms with E-state index in [1.165, 1.54) is 24.3 Å². The van der Waals surface area contributed by atoms with Crippen LogP contribution in [0.2, 0.25) is 5.15 Å². The van der Waals surface area contributed by atoms with Crippen LogP contribution in [0.1, 0.15) is 5.69 Å². The van der Waals surface area contributed by atoms with Crippen molar-refractivity contribution in [1.82, 2.24) is 29.7 Å². The van der Waals surface area contributed by atoms with Gasteiger partial charge >= 0.3 is 0 Å². The van der Waals surface area contributed by atoms with Crippen LogP contribution in [-0.4, -0.2) is 38.1 Å². The zero-order valence-electron chi connectivity index (χ0n) is 9.87. The van der Waals surface area contributed by atoms with E-state index >= 15 is 0 Å². The van der Waals surface area contributed by atoms with Crippen LogP contribution in [0.5, 0.6) is 0 Å². The zero-order valence-corrected chi connectivity index (χ0v) is 12.2. The highest BCUT2D eigenvalue weighted by Crippen LogP contribution is 2.30. The van der Waals surface area contributed by atoms with Gasteiger partial charge in [-0.2, -0.15) is 9.78 Å². The Morgan fingerprint density at radius 2 is 2.05 bits per heavy atom. The molecule has 0 spiro atoms. The molecule has 0 aliphatic rings. The average Bonchev–Trinajstić information content (AvgIpc) is 2.92. The van der Waals surface area contributed by atoms with Crippen molar-refractivity contribution in [3.8, 4) is 5.82 Å². The zero-order chi connectivity index (χ0) is 14.5. The van der Waals surface area contributed by atoms with Crippen molar-refractivity contribution in [2.75, 3.05) is 0 Å². The van der Waals surface area contributed by atoms with Gasteiger partial charge in [-0.1, -0.05) is 11.6 Å². The Labute approximate surface area is 122 Å². The number of nitrogens with one attached hydrogen (secondary N) is 1. The van der Waals surface area contributed by atoms with Crippen LogP contribution in [0.15, 0.2) is 17.6 Å². The molecule has 11 heteroatoms. The molecule has 0 aromatic carbocycles. The van der Waals surface area contributed by atoms with E-state index < -0.39 is 9.05 Å². The van der Waals surface area contributed by atoms with Gasteiger partial charge in [0.25, 0.3) is 9.05 Å². The van der Waals surface area contributed by atoms with E-state index in [1.807, 2.05) is 0 Å². The van der Waals surface area contributed by atoms with Crippen molar-refractivity contribution >= 4 is 42.5 Å². The van der Waals surface area contributed by atoms with E-state index in [0.29, 0.717) is 11.2 Å². The van der Waals surface area contributed by atoms with E-state index in [1.54, 1.807) is 0 Å². The van der Waals surface area contributed by atoms with Crippen LogP contribution < -0.4 is 0 Å². The Kier molecular flexibility index (Phi) is 2.92. The third kappa shape index (κ3) is 1.94. The quantitative estimate of drug-likeness (QED) is 0.711. The Balaban J connectivity index is 2.34. The van der Waals surface area contributed by atoms with E-state index in [-0.39, 0.29) is 21.6 Å². The predicted octanol–water partition coefficient (Wildman–Crippen LogP) is 1.43. The van der Waals surface area contributed by atoms with Gasteiger partial charge in [0, 0.05) is 10.7 Å². The van der Waals surface area contributed by atoms with Crippen LogP contribution in [0.3, 0.4) is 0 Å². The molecule has 20 heavy (non-hydrogen) atoms. The van der Waals surface area contributed by atoms with Gasteiger partial charge in [0.1, 0.15) is 16.7 Å². The van der Waals surface area contributed by atoms with Crippen molar-refractivity contribution in [2.24, 2.45) is 0 Å². The number of fused-ring (bicyclic) bond motifs is 1. The van der Waals surface area contributed by atoms with Crippen molar-refractivity contribution in [3.05, 3.63) is 23.5 Å². The summed E-state index contributed by atoms with van der Waals surface area (Å²) in [6.45, 7) is 1.49. The maximum atomic E-state index is 11.5. The average molecular weight is 333 g/mol. The van der Waals surface area contributed by atoms with Crippen LogP contribution in [-0.2, 0) is 9.05 Å². The number of aromatic amines is 1. The molecule has 0 saturated carbocycles. The number of hydrogen-bond donors (Lipinski definition) is 1. The standard InChI is InChI=1S/C9H6Cl2N6O2S/c1-4-6(20(11,18)19)7(10)17(16-4)9-5-8(13-2-12-5)14-3-15-9/h2-3H,1H3,(H,12,13,14,15). The number of aromatic nitrogens is 6. The number of hydrogen-bond acceptors (Lipinski definition) is 6. The fraction of sp³-hybridized carbons (Fsp3) is 0.111. The molecule has 0 fully saturated rings. The molecule has 3 heterocycles. The second-order valence-electron chi connectivity index (χ2n) is 3.85. The minimum Gasteiger partial charge on any atom is -0.340 e. The van der Waals surface area contributed by atoms with Gasteiger partial charge in [-0.3, -0.25) is 0 Å². The summed E-state index contributed by atoms with van der Waals surface area (Å²) in [7, 11) is 1.35. The molecular weight excluding hydrogens is 327 g/mol. The number of rotatable bonds is 2. The molecule has 0 unspecified atom stereocenters. The van der Waals surface area contributed by atoms with E-state index in [9.17, 15) is 8.42 Å². The highest BCUT2D eigenvalue weighted by molar-refractivity contribution is 8.13. The maximum Gasteiger partial charge on any atom is 0.266 e. The van der Waals surface area contributed by atoms with E-state index in [0.717, 1.165) is 0 Å². The Morgan fingerprint density at radius 1 is 1.30 bits per heavy atom. The van der Waals surface area contributed by atoms with Gasteiger partial charge < -0.3 is 4.98 Å². The first-order valence-electron chi connectivity index (χ1n) is 5.24. The summed E-state index contributed by atoms with van der Waals surface area (Å²) in [6.07, 6.45) is 2.72. The highest BCUT2D eigenvalue weighted by Gasteiger charge is 2.26. The third-order valence-electron chi connectivity index (χ3n) is 2.60. The summed E-state index contributed by atoms with van der Waals surface area (Å²) in [5.41, 5.74) is 1.07. The first kappa shape index (κ1) is 13.3. The van der Waals surface area contributed by atoms with Crippen molar-refractivity contribution in [1.29, 1.82) is 0 Å². The normalized spacial score (nSPS) is 12.2. The Morgan fingerprint density at radius 3 is 2.70 bits per heavy atom. The Bertz CT molecular complexity index is 916. The largest absolute Gasteiger partial charge is 0.340 e. The third-order valence-corrected chi connectivity index (χ3v) is 4.50. The molecular formula is C9H6Cl2N6O2S. The van der Waals surface area contributed by atoms with Crippen LogP contribution in [0, 0.1) is 6.92 Å². The fourth-order valence-electron chi connectivity index (χ4n) is 1.82. The van der Waals surface area contributed by atoms with Crippen molar-refractivity contribution in [2.45, 2.75) is 11.8 Å². The first-order valence-corrected chi connectivity index (χ1v) is 7.92. The SMILES string of the molecule is Cc1nn(-c2ncnc3nc[nH]c23)c(Cl)c1S(=O)(=O)Cl. The molecule has 0 amide bonds. The van der Waals surface area contributed by atoms with Gasteiger partial charge in [-0.15, -0.1) is 0 Å². The lowest BCUT2D eigenvalue weighted by Crippen LogP contribution is -2.02. The summed E-state index contributed by atoms with van der Waals surface area (Å²) >= 11 is 6.06. The number of aryl methyl sites for hydroxylation is 1. The summed E-state index contributed by atoms with van der Waals surface area (Å²) < 4.78 is 24.2. The molecule has 104 valence electrons. The molecule has 3 aromatic rings. The van der Waals surface area contributed by atoms with Gasteiger partial charge in [0.05, 0.1) is 12.0 Å². The molecule has 0 atom stereocenters. The summed E-state index contributed by atoms with van der Waals surface area (Å²) in [5, 5.41) is 3.91. The lowest BCUT2D eigenvalue weighted by molar-refractivity contribution is 0.609. The van der Waals surface area contributed by atoms with E-state index in [2.05, 4.69) is 25.0 Å². The molecule has 8 nitrogen and oxygen atoms in total. The second-order valence-corrected chi connectivity index (χ2v) is 6.71. The number of H-pyrrole nitrogens is 1.